The molecule has 0 atom stereocenters. The molecule has 2 heterocycles. The average Bonchev–Trinajstić information content (AvgIpc) is 2.94. The molecule has 23 heavy (non-hydrogen) atoms. The van der Waals surface area contributed by atoms with Crippen molar-refractivity contribution in [3.8, 4) is 22.6 Å². The fourth-order valence-corrected chi connectivity index (χ4v) is 2.82. The number of hydrogen-bond acceptors (Lipinski definition) is 4. The van der Waals surface area contributed by atoms with E-state index in [0.717, 1.165) is 28.2 Å². The van der Waals surface area contributed by atoms with Crippen molar-refractivity contribution in [1.29, 1.82) is 0 Å². The van der Waals surface area contributed by atoms with Crippen LogP contribution < -0.4 is 5.73 Å². The average molecular weight is 329 g/mol. The van der Waals surface area contributed by atoms with E-state index in [1.807, 2.05) is 41.8 Å². The van der Waals surface area contributed by atoms with Crippen molar-refractivity contribution >= 4 is 17.4 Å². The zero-order valence-electron chi connectivity index (χ0n) is 12.7. The van der Waals surface area contributed by atoms with Crippen molar-refractivity contribution in [1.82, 2.24) is 14.5 Å². The van der Waals surface area contributed by atoms with E-state index < -0.39 is 0 Å². The molecule has 1 aromatic carbocycles. The van der Waals surface area contributed by atoms with Gasteiger partial charge in [-0.25, -0.2) is 9.97 Å². The van der Waals surface area contributed by atoms with Gasteiger partial charge in [-0.05, 0) is 36.8 Å². The molecule has 0 spiro atoms. The Kier molecular flexibility index (Phi) is 4.32. The van der Waals surface area contributed by atoms with Crippen LogP contribution in [-0.4, -0.2) is 26.2 Å². The molecular weight excluding hydrogens is 312 g/mol. The minimum Gasteiger partial charge on any atom is -0.395 e. The van der Waals surface area contributed by atoms with E-state index in [1.165, 1.54) is 6.33 Å². The van der Waals surface area contributed by atoms with E-state index in [1.54, 1.807) is 6.07 Å². The molecule has 0 aliphatic carbocycles. The van der Waals surface area contributed by atoms with Gasteiger partial charge in [0.1, 0.15) is 12.1 Å². The van der Waals surface area contributed by atoms with E-state index in [0.29, 0.717) is 17.4 Å². The van der Waals surface area contributed by atoms with Gasteiger partial charge in [0.15, 0.2) is 0 Å². The lowest BCUT2D eigenvalue weighted by atomic mass is 10.1. The highest BCUT2D eigenvalue weighted by Gasteiger charge is 2.14. The highest BCUT2D eigenvalue weighted by molar-refractivity contribution is 6.30. The Bertz CT molecular complexity index is 844. The van der Waals surface area contributed by atoms with Gasteiger partial charge < -0.3 is 15.4 Å². The quantitative estimate of drug-likeness (QED) is 0.771. The van der Waals surface area contributed by atoms with Gasteiger partial charge in [-0.3, -0.25) is 0 Å². The van der Waals surface area contributed by atoms with Crippen LogP contribution in [0.1, 0.15) is 5.56 Å². The predicted molar refractivity (Wildman–Crippen MR) is 92.1 cm³/mol. The molecule has 0 unspecified atom stereocenters. The first-order valence-corrected chi connectivity index (χ1v) is 7.62. The van der Waals surface area contributed by atoms with E-state index >= 15 is 0 Å². The van der Waals surface area contributed by atoms with Gasteiger partial charge in [0, 0.05) is 28.9 Å². The molecule has 0 bridgehead atoms. The first-order chi connectivity index (χ1) is 11.1. The molecule has 118 valence electrons. The minimum absolute atomic E-state index is 0.0227. The number of nitrogens with zero attached hydrogens (tertiary/aromatic N) is 3. The molecule has 3 N–H and O–H groups in total. The normalized spacial score (nSPS) is 10.9. The second kappa shape index (κ2) is 6.40. The lowest BCUT2D eigenvalue weighted by Crippen LogP contribution is -2.07. The molecule has 0 aliphatic rings. The second-order valence-corrected chi connectivity index (χ2v) is 5.70. The summed E-state index contributed by atoms with van der Waals surface area (Å²) < 4.78 is 2.01. The SMILES string of the molecule is Cc1ccc(Cl)cc1-c1ccc(-c2cc(N)ncn2)n1CCO. The summed E-state index contributed by atoms with van der Waals surface area (Å²) in [7, 11) is 0. The number of nitrogens with two attached hydrogens (primary N) is 1. The Morgan fingerprint density at radius 2 is 1.91 bits per heavy atom. The van der Waals surface area contributed by atoms with Crippen LogP contribution in [0.2, 0.25) is 5.02 Å². The van der Waals surface area contributed by atoms with Gasteiger partial charge in [0.2, 0.25) is 0 Å². The smallest absolute Gasteiger partial charge is 0.127 e. The maximum Gasteiger partial charge on any atom is 0.127 e. The van der Waals surface area contributed by atoms with Gasteiger partial charge in [0.05, 0.1) is 18.0 Å². The molecule has 0 radical (unpaired) electrons. The van der Waals surface area contributed by atoms with Crippen LogP contribution in [0.3, 0.4) is 0 Å². The van der Waals surface area contributed by atoms with Gasteiger partial charge >= 0.3 is 0 Å². The first kappa shape index (κ1) is 15.5. The largest absolute Gasteiger partial charge is 0.395 e. The minimum atomic E-state index is 0.0227. The predicted octanol–water partition coefficient (Wildman–Crippen LogP) is 3.15. The molecule has 0 aliphatic heterocycles. The van der Waals surface area contributed by atoms with Crippen LogP contribution in [0.15, 0.2) is 42.7 Å². The van der Waals surface area contributed by atoms with Crippen molar-refractivity contribution in [3.05, 3.63) is 53.3 Å². The van der Waals surface area contributed by atoms with E-state index in [2.05, 4.69) is 9.97 Å². The Morgan fingerprint density at radius 3 is 2.65 bits per heavy atom. The molecule has 0 fully saturated rings. The number of nitrogen functional groups attached to an aromatic ring is 1. The van der Waals surface area contributed by atoms with Crippen LogP contribution >= 0.6 is 11.6 Å². The Labute approximate surface area is 139 Å². The standard InChI is InChI=1S/C17H17ClN4O/c1-11-2-3-12(18)8-13(11)15-4-5-16(22(15)6-7-23)14-9-17(19)21-10-20-14/h2-5,8-10,23H,6-7H2,1H3,(H2,19,20,21). The lowest BCUT2D eigenvalue weighted by Gasteiger charge is -2.14. The molecule has 6 heteroatoms. The molecule has 3 rings (SSSR count). The first-order valence-electron chi connectivity index (χ1n) is 7.25. The fourth-order valence-electron chi connectivity index (χ4n) is 2.65. The van der Waals surface area contributed by atoms with Gasteiger partial charge in [-0.1, -0.05) is 17.7 Å². The monoisotopic (exact) mass is 328 g/mol. The van der Waals surface area contributed by atoms with Crippen LogP contribution in [0.25, 0.3) is 22.6 Å². The zero-order valence-corrected chi connectivity index (χ0v) is 13.5. The number of aromatic nitrogens is 3. The third-order valence-electron chi connectivity index (χ3n) is 3.73. The number of aliphatic hydroxyl groups excluding tert-OH is 1. The van der Waals surface area contributed by atoms with E-state index in [-0.39, 0.29) is 6.61 Å². The van der Waals surface area contributed by atoms with Crippen molar-refractivity contribution in [2.45, 2.75) is 13.5 Å². The van der Waals surface area contributed by atoms with Gasteiger partial charge in [0.25, 0.3) is 0 Å². The van der Waals surface area contributed by atoms with Crippen molar-refractivity contribution in [2.24, 2.45) is 0 Å². The molecule has 0 saturated carbocycles. The summed E-state index contributed by atoms with van der Waals surface area (Å²) in [6.45, 7) is 2.51. The lowest BCUT2D eigenvalue weighted by molar-refractivity contribution is 0.277. The summed E-state index contributed by atoms with van der Waals surface area (Å²) in [4.78, 5) is 8.20. The van der Waals surface area contributed by atoms with Crippen LogP contribution in [-0.2, 0) is 6.54 Å². The summed E-state index contributed by atoms with van der Waals surface area (Å²) in [5.74, 6) is 0.409. The fraction of sp³-hybridized carbons (Fsp3) is 0.176. The molecular formula is C17H17ClN4O. The maximum absolute atomic E-state index is 9.45. The second-order valence-electron chi connectivity index (χ2n) is 5.27. The van der Waals surface area contributed by atoms with Crippen molar-refractivity contribution < 1.29 is 5.11 Å². The van der Waals surface area contributed by atoms with Crippen molar-refractivity contribution in [2.75, 3.05) is 12.3 Å². The summed E-state index contributed by atoms with van der Waals surface area (Å²) in [5.41, 5.74) is 10.5. The van der Waals surface area contributed by atoms with E-state index in [9.17, 15) is 5.11 Å². The van der Waals surface area contributed by atoms with Gasteiger partial charge in [-0.15, -0.1) is 0 Å². The van der Waals surface area contributed by atoms with E-state index in [4.69, 9.17) is 17.3 Å². The molecule has 5 nitrogen and oxygen atoms in total. The number of anilines is 1. The maximum atomic E-state index is 9.45. The molecule has 3 aromatic rings. The molecule has 0 amide bonds. The summed E-state index contributed by atoms with van der Waals surface area (Å²) >= 11 is 6.14. The van der Waals surface area contributed by atoms with Crippen molar-refractivity contribution in [3.63, 3.8) is 0 Å². The number of hydrogen-bond donors (Lipinski definition) is 2. The number of rotatable bonds is 4. The third kappa shape index (κ3) is 3.06. The summed E-state index contributed by atoms with van der Waals surface area (Å²) in [6, 6.07) is 11.5. The summed E-state index contributed by atoms with van der Waals surface area (Å²) in [5, 5.41) is 10.1. The number of halogens is 1. The van der Waals surface area contributed by atoms with Crippen LogP contribution in [0.5, 0.6) is 0 Å². The topological polar surface area (TPSA) is 77.0 Å². The van der Waals surface area contributed by atoms with Gasteiger partial charge in [-0.2, -0.15) is 0 Å². The number of aliphatic hydroxyl groups is 1. The Balaban J connectivity index is 2.18. The Hall–Kier alpha value is -2.37. The third-order valence-corrected chi connectivity index (χ3v) is 3.97. The van der Waals surface area contributed by atoms with Crippen LogP contribution in [0.4, 0.5) is 5.82 Å². The summed E-state index contributed by atoms with van der Waals surface area (Å²) in [6.07, 6.45) is 1.44. The zero-order chi connectivity index (χ0) is 16.4. The van der Waals surface area contributed by atoms with Crippen LogP contribution in [0, 0.1) is 6.92 Å². The molecule has 2 aromatic heterocycles. The Morgan fingerprint density at radius 1 is 1.13 bits per heavy atom. The number of benzene rings is 1. The molecule has 0 saturated heterocycles. The number of aryl methyl sites for hydroxylation is 1. The highest BCUT2D eigenvalue weighted by Crippen LogP contribution is 2.31. The highest BCUT2D eigenvalue weighted by atomic mass is 35.5.